The maximum absolute atomic E-state index is 2.42. The molecule has 0 saturated carbocycles. The van der Waals surface area contributed by atoms with Gasteiger partial charge in [-0.2, -0.15) is 0 Å². The molecule has 1 heterocycles. The zero-order valence-electron chi connectivity index (χ0n) is 8.70. The van der Waals surface area contributed by atoms with Crippen molar-refractivity contribution < 1.29 is 28.9 Å². The van der Waals surface area contributed by atoms with Gasteiger partial charge in [0.05, 0.1) is 20.1 Å². The molecule has 0 bridgehead atoms. The summed E-state index contributed by atoms with van der Waals surface area (Å²) in [6, 6.07) is 10.8. The van der Waals surface area contributed by atoms with Crippen LogP contribution in [-0.4, -0.2) is 32.1 Å². The molecule has 3 heteroatoms. The molecule has 0 aliphatic carbocycles. The fraction of sp³-hybridized carbons (Fsp3) is 0.455. The van der Waals surface area contributed by atoms with Gasteiger partial charge < -0.3 is 28.9 Å². The average molecular weight is 304 g/mol. The zero-order valence-corrected chi connectivity index (χ0v) is 10.9. The first-order chi connectivity index (χ1) is 6.29. The zero-order chi connectivity index (χ0) is 9.26. The lowest BCUT2D eigenvalue weighted by Gasteiger charge is -2.21. The van der Waals surface area contributed by atoms with Gasteiger partial charge in [-0.25, -0.2) is 4.90 Å². The summed E-state index contributed by atoms with van der Waals surface area (Å²) in [5, 5.41) is 0. The summed E-state index contributed by atoms with van der Waals surface area (Å²) in [4.78, 5) is 4.01. The Balaban J connectivity index is 0.000000980. The fourth-order valence-electron chi connectivity index (χ4n) is 2.17. The van der Waals surface area contributed by atoms with E-state index >= 15 is 0 Å². The van der Waals surface area contributed by atoms with Gasteiger partial charge in [0, 0.05) is 5.56 Å². The average Bonchev–Trinajstić information content (AvgIpc) is 2.48. The second-order valence-corrected chi connectivity index (χ2v) is 3.89. The van der Waals surface area contributed by atoms with E-state index in [1.165, 1.54) is 18.7 Å². The predicted molar refractivity (Wildman–Crippen MR) is 53.6 cm³/mol. The minimum absolute atomic E-state index is 0. The number of rotatable bonds is 1. The van der Waals surface area contributed by atoms with Crippen molar-refractivity contribution in [2.75, 3.05) is 27.2 Å². The summed E-state index contributed by atoms with van der Waals surface area (Å²) in [6.07, 6.45) is 0.557. The normalized spacial score (nSPS) is 27.3. The van der Waals surface area contributed by atoms with E-state index in [1.54, 1.807) is 4.90 Å². The van der Waals surface area contributed by atoms with Gasteiger partial charge in [0.15, 0.2) is 6.17 Å². The smallest absolute Gasteiger partial charge is 0.170 e. The predicted octanol–water partition coefficient (Wildman–Crippen LogP) is -2.85. The van der Waals surface area contributed by atoms with Crippen LogP contribution < -0.4 is 28.9 Å². The molecule has 2 atom stereocenters. The molecule has 0 amide bonds. The Hall–Kier alpha value is -0.130. The van der Waals surface area contributed by atoms with Crippen LogP contribution in [0.15, 0.2) is 30.3 Å². The molecule has 1 aliphatic heterocycles. The van der Waals surface area contributed by atoms with E-state index in [1.807, 2.05) is 0 Å². The molecule has 1 aliphatic rings. The summed E-state index contributed by atoms with van der Waals surface area (Å²) in [6.45, 7) is 2.45. The van der Waals surface area contributed by atoms with Crippen LogP contribution in [0.5, 0.6) is 0 Å². The molecule has 0 radical (unpaired) electrons. The highest BCUT2D eigenvalue weighted by Gasteiger charge is 2.31. The molecular formula is C11H17IN2. The van der Waals surface area contributed by atoms with E-state index in [4.69, 9.17) is 0 Å². The second-order valence-electron chi connectivity index (χ2n) is 3.89. The third-order valence-corrected chi connectivity index (χ3v) is 2.88. The van der Waals surface area contributed by atoms with E-state index < -0.39 is 0 Å². The Morgan fingerprint density at radius 1 is 1.29 bits per heavy atom. The van der Waals surface area contributed by atoms with Crippen molar-refractivity contribution in [2.24, 2.45) is 0 Å². The quantitative estimate of drug-likeness (QED) is 0.549. The van der Waals surface area contributed by atoms with Gasteiger partial charge >= 0.3 is 0 Å². The molecule has 2 unspecified atom stereocenters. The van der Waals surface area contributed by atoms with Crippen LogP contribution in [0.2, 0.25) is 0 Å². The lowest BCUT2D eigenvalue weighted by molar-refractivity contribution is -0.904. The van der Waals surface area contributed by atoms with Crippen molar-refractivity contribution in [1.29, 1.82) is 0 Å². The van der Waals surface area contributed by atoms with Crippen LogP contribution >= 0.6 is 0 Å². The third kappa shape index (κ3) is 2.27. The van der Waals surface area contributed by atoms with Crippen molar-refractivity contribution >= 4 is 0 Å². The number of hydrogen-bond acceptors (Lipinski definition) is 1. The van der Waals surface area contributed by atoms with Crippen molar-refractivity contribution in [3.05, 3.63) is 35.9 Å². The minimum atomic E-state index is 0. The maximum atomic E-state index is 2.42. The number of nitrogens with one attached hydrogen (secondary N) is 1. The molecule has 1 aromatic carbocycles. The standard InChI is InChI=1S/C11H16N2.HI/c1-12-8-9-13(2)11(12)10-6-4-3-5-7-10;/h3-7,11H,8-9H2,1-2H3;1H. The number of quaternary nitrogens is 1. The SMILES string of the molecule is CN1CC[NH+](C)C1c1ccccc1.[I-]. The van der Waals surface area contributed by atoms with E-state index in [2.05, 4.69) is 49.3 Å². The Morgan fingerprint density at radius 3 is 2.43 bits per heavy atom. The first kappa shape index (κ1) is 11.9. The van der Waals surface area contributed by atoms with Crippen LogP contribution in [0.25, 0.3) is 0 Å². The number of nitrogens with zero attached hydrogens (tertiary/aromatic N) is 1. The first-order valence-corrected chi connectivity index (χ1v) is 4.86. The van der Waals surface area contributed by atoms with E-state index in [0.29, 0.717) is 6.17 Å². The van der Waals surface area contributed by atoms with Gasteiger partial charge in [-0.3, -0.25) is 0 Å². The molecular weight excluding hydrogens is 287 g/mol. The molecule has 0 spiro atoms. The molecule has 78 valence electrons. The van der Waals surface area contributed by atoms with E-state index in [9.17, 15) is 0 Å². The van der Waals surface area contributed by atoms with Crippen molar-refractivity contribution in [3.63, 3.8) is 0 Å². The minimum Gasteiger partial charge on any atom is -1.00 e. The van der Waals surface area contributed by atoms with Gasteiger partial charge in [0.2, 0.25) is 0 Å². The van der Waals surface area contributed by atoms with Gasteiger partial charge in [0.25, 0.3) is 0 Å². The van der Waals surface area contributed by atoms with E-state index in [-0.39, 0.29) is 24.0 Å². The summed E-state index contributed by atoms with van der Waals surface area (Å²) in [5.74, 6) is 0. The maximum Gasteiger partial charge on any atom is 0.170 e. The Labute approximate surface area is 103 Å². The Morgan fingerprint density at radius 2 is 1.93 bits per heavy atom. The lowest BCUT2D eigenvalue weighted by Crippen LogP contribution is -3.07. The number of benzene rings is 1. The Kier molecular flexibility index (Phi) is 4.34. The van der Waals surface area contributed by atoms with Crippen molar-refractivity contribution in [2.45, 2.75) is 6.17 Å². The Bertz CT molecular complexity index is 266. The molecule has 1 N–H and O–H groups in total. The molecule has 1 saturated heterocycles. The monoisotopic (exact) mass is 304 g/mol. The lowest BCUT2D eigenvalue weighted by atomic mass is 10.1. The van der Waals surface area contributed by atoms with Crippen molar-refractivity contribution in [1.82, 2.24) is 4.90 Å². The summed E-state index contributed by atoms with van der Waals surface area (Å²) >= 11 is 0. The fourth-order valence-corrected chi connectivity index (χ4v) is 2.17. The molecule has 2 rings (SSSR count). The van der Waals surface area contributed by atoms with Crippen molar-refractivity contribution in [3.8, 4) is 0 Å². The largest absolute Gasteiger partial charge is 1.00 e. The van der Waals surface area contributed by atoms with E-state index in [0.717, 1.165) is 0 Å². The molecule has 0 aromatic heterocycles. The molecule has 1 aromatic rings. The van der Waals surface area contributed by atoms with Crippen LogP contribution in [0.4, 0.5) is 0 Å². The molecule has 14 heavy (non-hydrogen) atoms. The number of halogens is 1. The highest BCUT2D eigenvalue weighted by molar-refractivity contribution is 5.17. The van der Waals surface area contributed by atoms with Gasteiger partial charge in [-0.05, 0) is 7.05 Å². The van der Waals surface area contributed by atoms with Gasteiger partial charge in [-0.1, -0.05) is 30.3 Å². The van der Waals surface area contributed by atoms with Crippen LogP contribution in [-0.2, 0) is 0 Å². The van der Waals surface area contributed by atoms with Crippen LogP contribution in [0.1, 0.15) is 11.7 Å². The van der Waals surface area contributed by atoms with Gasteiger partial charge in [0.1, 0.15) is 0 Å². The molecule has 2 nitrogen and oxygen atoms in total. The highest BCUT2D eigenvalue weighted by atomic mass is 127. The number of likely N-dealkylation sites (N-methyl/N-ethyl adjacent to an activating group) is 2. The summed E-state index contributed by atoms with van der Waals surface area (Å²) in [7, 11) is 4.47. The number of hydrogen-bond donors (Lipinski definition) is 1. The molecule has 1 fully saturated rings. The highest BCUT2D eigenvalue weighted by Crippen LogP contribution is 2.14. The summed E-state index contributed by atoms with van der Waals surface area (Å²) < 4.78 is 0. The van der Waals surface area contributed by atoms with Crippen LogP contribution in [0, 0.1) is 0 Å². The first-order valence-electron chi connectivity index (χ1n) is 4.86. The topological polar surface area (TPSA) is 7.68 Å². The summed E-state index contributed by atoms with van der Waals surface area (Å²) in [5.41, 5.74) is 1.43. The van der Waals surface area contributed by atoms with Crippen LogP contribution in [0.3, 0.4) is 0 Å². The van der Waals surface area contributed by atoms with Gasteiger partial charge in [-0.15, -0.1) is 0 Å². The second kappa shape index (κ2) is 5.09. The third-order valence-electron chi connectivity index (χ3n) is 2.88.